The Morgan fingerprint density at radius 1 is 1.28 bits per heavy atom. The minimum atomic E-state index is -0.975. The Morgan fingerprint density at radius 3 is 2.50 bits per heavy atom. The van der Waals surface area contributed by atoms with Gasteiger partial charge in [-0.1, -0.05) is 30.3 Å². The molecular formula is C13H17NO3S. The molecule has 0 fully saturated rings. The Hall–Kier alpha value is -1.49. The molecule has 0 bridgehead atoms. The zero-order valence-electron chi connectivity index (χ0n) is 10.3. The molecule has 0 radical (unpaired) electrons. The van der Waals surface area contributed by atoms with Crippen molar-refractivity contribution in [2.75, 3.05) is 25.1 Å². The first-order valence-electron chi connectivity index (χ1n) is 5.66. The summed E-state index contributed by atoms with van der Waals surface area (Å²) in [5.41, 5.74) is 1.10. The number of hydrogen-bond acceptors (Lipinski definition) is 3. The second-order valence-electron chi connectivity index (χ2n) is 3.88. The number of amides is 1. The van der Waals surface area contributed by atoms with Gasteiger partial charge in [-0.3, -0.25) is 9.59 Å². The van der Waals surface area contributed by atoms with E-state index < -0.39 is 5.97 Å². The molecule has 0 saturated carbocycles. The number of carboxylic acid groups (broad SMARTS) is 1. The van der Waals surface area contributed by atoms with E-state index in [1.165, 1.54) is 16.7 Å². The maximum Gasteiger partial charge on any atom is 0.323 e. The van der Waals surface area contributed by atoms with Crippen LogP contribution in [0.3, 0.4) is 0 Å². The van der Waals surface area contributed by atoms with Gasteiger partial charge in [-0.25, -0.2) is 0 Å². The fraction of sp³-hybridized carbons (Fsp3) is 0.385. The molecule has 98 valence electrons. The molecule has 0 atom stereocenters. The van der Waals surface area contributed by atoms with Crippen LogP contribution in [-0.2, 0) is 16.0 Å². The molecule has 4 nitrogen and oxygen atoms in total. The molecular weight excluding hydrogens is 250 g/mol. The number of carbonyl (C=O) groups excluding carboxylic acids is 1. The first-order chi connectivity index (χ1) is 8.63. The van der Waals surface area contributed by atoms with E-state index in [-0.39, 0.29) is 12.5 Å². The molecule has 1 aromatic rings. The van der Waals surface area contributed by atoms with Gasteiger partial charge in [0, 0.05) is 6.54 Å². The molecule has 1 N–H and O–H groups in total. The lowest BCUT2D eigenvalue weighted by Crippen LogP contribution is -2.38. The van der Waals surface area contributed by atoms with Gasteiger partial charge in [-0.2, -0.15) is 11.8 Å². The van der Waals surface area contributed by atoms with E-state index in [0.717, 1.165) is 5.56 Å². The summed E-state index contributed by atoms with van der Waals surface area (Å²) in [6, 6.07) is 9.73. The van der Waals surface area contributed by atoms with Crippen molar-refractivity contribution < 1.29 is 14.7 Å². The highest BCUT2D eigenvalue weighted by Gasteiger charge is 2.15. The van der Waals surface area contributed by atoms with Crippen LogP contribution in [0.1, 0.15) is 5.56 Å². The predicted octanol–water partition coefficient (Wildman–Crippen LogP) is 1.51. The maximum absolute atomic E-state index is 11.7. The topological polar surface area (TPSA) is 57.6 Å². The summed E-state index contributed by atoms with van der Waals surface area (Å²) in [6.07, 6.45) is 2.50. The van der Waals surface area contributed by atoms with Crippen molar-refractivity contribution in [1.29, 1.82) is 0 Å². The molecule has 0 saturated heterocycles. The zero-order chi connectivity index (χ0) is 13.4. The van der Waals surface area contributed by atoms with Gasteiger partial charge in [0.15, 0.2) is 0 Å². The fourth-order valence-corrected chi connectivity index (χ4v) is 2.01. The molecule has 0 aliphatic heterocycles. The summed E-state index contributed by atoms with van der Waals surface area (Å²) in [4.78, 5) is 23.9. The van der Waals surface area contributed by atoms with E-state index in [2.05, 4.69) is 0 Å². The molecule has 0 aliphatic carbocycles. The minimum Gasteiger partial charge on any atom is -0.480 e. The quantitative estimate of drug-likeness (QED) is 0.813. The second kappa shape index (κ2) is 7.76. The number of carboxylic acids is 1. The Kier molecular flexibility index (Phi) is 6.28. The standard InChI is InChI=1S/C13H17NO3S/c1-18-10-12(15)14(9-13(16)17)8-7-11-5-3-2-4-6-11/h2-6H,7-10H2,1H3,(H,16,17). The fourth-order valence-electron chi connectivity index (χ4n) is 1.58. The average molecular weight is 267 g/mol. The average Bonchev–Trinajstić information content (AvgIpc) is 2.35. The van der Waals surface area contributed by atoms with Crippen LogP contribution in [0.2, 0.25) is 0 Å². The number of aliphatic carboxylic acids is 1. The van der Waals surface area contributed by atoms with Crippen molar-refractivity contribution in [3.8, 4) is 0 Å². The van der Waals surface area contributed by atoms with Gasteiger partial charge in [0.2, 0.25) is 5.91 Å². The number of thioether (sulfide) groups is 1. The van der Waals surface area contributed by atoms with Gasteiger partial charge in [0.05, 0.1) is 5.75 Å². The minimum absolute atomic E-state index is 0.124. The molecule has 5 heteroatoms. The maximum atomic E-state index is 11.7. The number of rotatable bonds is 7. The van der Waals surface area contributed by atoms with Crippen molar-refractivity contribution in [2.24, 2.45) is 0 Å². The summed E-state index contributed by atoms with van der Waals surface area (Å²) in [7, 11) is 0. The van der Waals surface area contributed by atoms with Gasteiger partial charge < -0.3 is 10.0 Å². The van der Waals surface area contributed by atoms with Crippen molar-refractivity contribution in [3.63, 3.8) is 0 Å². The summed E-state index contributed by atoms with van der Waals surface area (Å²) < 4.78 is 0. The summed E-state index contributed by atoms with van der Waals surface area (Å²) in [5, 5.41) is 8.80. The van der Waals surface area contributed by atoms with E-state index in [0.29, 0.717) is 18.7 Å². The smallest absolute Gasteiger partial charge is 0.323 e. The lowest BCUT2D eigenvalue weighted by molar-refractivity contribution is -0.143. The van der Waals surface area contributed by atoms with Crippen molar-refractivity contribution in [2.45, 2.75) is 6.42 Å². The number of nitrogens with zero attached hydrogens (tertiary/aromatic N) is 1. The molecule has 1 amide bonds. The summed E-state index contributed by atoms with van der Waals surface area (Å²) >= 11 is 1.40. The van der Waals surface area contributed by atoms with Crippen LogP contribution in [0, 0.1) is 0 Å². The Labute approximate surface area is 111 Å². The normalized spacial score (nSPS) is 10.1. The van der Waals surface area contributed by atoms with E-state index in [1.54, 1.807) is 0 Å². The van der Waals surface area contributed by atoms with Crippen molar-refractivity contribution >= 4 is 23.6 Å². The largest absolute Gasteiger partial charge is 0.480 e. The number of carbonyl (C=O) groups is 2. The molecule has 1 aromatic carbocycles. The first-order valence-corrected chi connectivity index (χ1v) is 7.05. The molecule has 0 unspecified atom stereocenters. The lowest BCUT2D eigenvalue weighted by Gasteiger charge is -2.20. The summed E-state index contributed by atoms with van der Waals surface area (Å²) in [5.74, 6) is -0.777. The molecule has 0 aromatic heterocycles. The van der Waals surface area contributed by atoms with E-state index in [4.69, 9.17) is 5.11 Å². The highest BCUT2D eigenvalue weighted by atomic mass is 32.2. The third kappa shape index (κ3) is 5.23. The van der Waals surface area contributed by atoms with Crippen molar-refractivity contribution in [1.82, 2.24) is 4.90 Å². The SMILES string of the molecule is CSCC(=O)N(CCc1ccccc1)CC(=O)O. The van der Waals surface area contributed by atoms with Crippen LogP contribution in [0.25, 0.3) is 0 Å². The zero-order valence-corrected chi connectivity index (χ0v) is 11.2. The lowest BCUT2D eigenvalue weighted by atomic mass is 10.1. The van der Waals surface area contributed by atoms with Crippen LogP contribution >= 0.6 is 11.8 Å². The molecule has 0 aliphatic rings. The molecule has 18 heavy (non-hydrogen) atoms. The Morgan fingerprint density at radius 2 is 1.94 bits per heavy atom. The van der Waals surface area contributed by atoms with Gasteiger partial charge in [-0.15, -0.1) is 0 Å². The van der Waals surface area contributed by atoms with E-state index in [1.807, 2.05) is 36.6 Å². The van der Waals surface area contributed by atoms with Crippen LogP contribution in [0.4, 0.5) is 0 Å². The van der Waals surface area contributed by atoms with Crippen LogP contribution < -0.4 is 0 Å². The molecule has 0 heterocycles. The third-order valence-corrected chi connectivity index (χ3v) is 3.00. The predicted molar refractivity (Wildman–Crippen MR) is 72.7 cm³/mol. The Balaban J connectivity index is 2.55. The summed E-state index contributed by atoms with van der Waals surface area (Å²) in [6.45, 7) is 0.210. The van der Waals surface area contributed by atoms with E-state index >= 15 is 0 Å². The number of benzene rings is 1. The Bertz CT molecular complexity index is 394. The number of hydrogen-bond donors (Lipinski definition) is 1. The highest BCUT2D eigenvalue weighted by molar-refractivity contribution is 7.99. The second-order valence-corrected chi connectivity index (χ2v) is 4.74. The highest BCUT2D eigenvalue weighted by Crippen LogP contribution is 2.04. The van der Waals surface area contributed by atoms with Gasteiger partial charge >= 0.3 is 5.97 Å². The van der Waals surface area contributed by atoms with Gasteiger partial charge in [0.25, 0.3) is 0 Å². The van der Waals surface area contributed by atoms with Gasteiger partial charge in [0.1, 0.15) is 6.54 Å². The monoisotopic (exact) mass is 267 g/mol. The van der Waals surface area contributed by atoms with Crippen LogP contribution in [-0.4, -0.2) is 47.0 Å². The molecule has 1 rings (SSSR count). The third-order valence-electron chi connectivity index (χ3n) is 2.46. The first kappa shape index (κ1) is 14.6. The van der Waals surface area contributed by atoms with Crippen molar-refractivity contribution in [3.05, 3.63) is 35.9 Å². The van der Waals surface area contributed by atoms with Crippen LogP contribution in [0.15, 0.2) is 30.3 Å². The van der Waals surface area contributed by atoms with Gasteiger partial charge in [-0.05, 0) is 18.2 Å². The van der Waals surface area contributed by atoms with E-state index in [9.17, 15) is 9.59 Å². The molecule has 0 spiro atoms. The van der Waals surface area contributed by atoms with Crippen LogP contribution in [0.5, 0.6) is 0 Å².